The summed E-state index contributed by atoms with van der Waals surface area (Å²) in [5.41, 5.74) is 0.698. The zero-order valence-corrected chi connectivity index (χ0v) is 18.2. The standard InChI is InChI=1S/C25H33N3O3/c29-25(26-23-10-4-5-11-24(23)31-22-8-2-1-3-9-22)28-15-12-21(13-16-28)7-6-14-27-17-19-30-20-18-27/h1-5,8-11,21H,6-7,12-20H2,(H,26,29). The highest BCUT2D eigenvalue weighted by Gasteiger charge is 2.23. The van der Waals surface area contributed by atoms with E-state index in [2.05, 4.69) is 10.2 Å². The average Bonchev–Trinajstić information content (AvgIpc) is 2.82. The van der Waals surface area contributed by atoms with E-state index in [1.807, 2.05) is 59.5 Å². The molecule has 6 nitrogen and oxygen atoms in total. The predicted molar refractivity (Wildman–Crippen MR) is 123 cm³/mol. The molecule has 1 N–H and O–H groups in total. The van der Waals surface area contributed by atoms with E-state index < -0.39 is 0 Å². The number of morpholine rings is 1. The van der Waals surface area contributed by atoms with E-state index in [-0.39, 0.29) is 6.03 Å². The van der Waals surface area contributed by atoms with Gasteiger partial charge in [-0.25, -0.2) is 4.79 Å². The Labute approximate surface area is 185 Å². The van der Waals surface area contributed by atoms with Crippen LogP contribution in [0, 0.1) is 5.92 Å². The maximum atomic E-state index is 12.8. The molecular weight excluding hydrogens is 390 g/mol. The number of piperidine rings is 1. The Morgan fingerprint density at radius 3 is 2.45 bits per heavy atom. The molecule has 0 aliphatic carbocycles. The van der Waals surface area contributed by atoms with Crippen LogP contribution in [-0.4, -0.2) is 61.8 Å². The predicted octanol–water partition coefficient (Wildman–Crippen LogP) is 4.84. The van der Waals surface area contributed by atoms with Crippen molar-refractivity contribution in [3.05, 3.63) is 54.6 Å². The summed E-state index contributed by atoms with van der Waals surface area (Å²) in [6, 6.07) is 17.2. The maximum absolute atomic E-state index is 12.8. The summed E-state index contributed by atoms with van der Waals surface area (Å²) in [4.78, 5) is 17.3. The number of benzene rings is 2. The van der Waals surface area contributed by atoms with Crippen LogP contribution < -0.4 is 10.1 Å². The molecule has 2 aliphatic heterocycles. The molecule has 2 aromatic carbocycles. The Hall–Kier alpha value is -2.57. The van der Waals surface area contributed by atoms with E-state index in [4.69, 9.17) is 9.47 Å². The summed E-state index contributed by atoms with van der Waals surface area (Å²) in [5.74, 6) is 2.13. The number of ether oxygens (including phenoxy) is 2. The van der Waals surface area contributed by atoms with Gasteiger partial charge in [-0.3, -0.25) is 4.90 Å². The fraction of sp³-hybridized carbons (Fsp3) is 0.480. The van der Waals surface area contributed by atoms with Crippen molar-refractivity contribution in [1.82, 2.24) is 9.80 Å². The largest absolute Gasteiger partial charge is 0.455 e. The lowest BCUT2D eigenvalue weighted by Crippen LogP contribution is -2.41. The number of urea groups is 1. The van der Waals surface area contributed by atoms with Crippen LogP contribution in [0.15, 0.2) is 54.6 Å². The van der Waals surface area contributed by atoms with Crippen LogP contribution in [0.5, 0.6) is 11.5 Å². The molecule has 0 spiro atoms. The zero-order chi connectivity index (χ0) is 21.3. The number of nitrogens with one attached hydrogen (secondary N) is 1. The molecule has 166 valence electrons. The van der Waals surface area contributed by atoms with Crippen molar-refractivity contribution < 1.29 is 14.3 Å². The van der Waals surface area contributed by atoms with E-state index in [0.29, 0.717) is 11.4 Å². The van der Waals surface area contributed by atoms with Gasteiger partial charge in [0.15, 0.2) is 5.75 Å². The highest BCUT2D eigenvalue weighted by atomic mass is 16.5. The third-order valence-electron chi connectivity index (χ3n) is 6.19. The second-order valence-corrected chi connectivity index (χ2v) is 8.37. The van der Waals surface area contributed by atoms with Gasteiger partial charge in [-0.1, -0.05) is 30.3 Å². The Morgan fingerprint density at radius 2 is 1.68 bits per heavy atom. The quantitative estimate of drug-likeness (QED) is 0.693. The molecule has 31 heavy (non-hydrogen) atoms. The third kappa shape index (κ3) is 6.45. The Balaban J connectivity index is 1.22. The van der Waals surface area contributed by atoms with E-state index in [1.165, 1.54) is 19.4 Å². The topological polar surface area (TPSA) is 54.0 Å². The number of hydrogen-bond donors (Lipinski definition) is 1. The minimum absolute atomic E-state index is 0.0455. The Morgan fingerprint density at radius 1 is 0.968 bits per heavy atom. The summed E-state index contributed by atoms with van der Waals surface area (Å²) in [6.45, 7) is 6.66. The van der Waals surface area contributed by atoms with Crippen molar-refractivity contribution in [1.29, 1.82) is 0 Å². The molecule has 0 bridgehead atoms. The molecule has 2 fully saturated rings. The van der Waals surface area contributed by atoms with Crippen LogP contribution in [0.25, 0.3) is 0 Å². The van der Waals surface area contributed by atoms with Crippen molar-refractivity contribution in [2.45, 2.75) is 25.7 Å². The number of anilines is 1. The fourth-order valence-electron chi connectivity index (χ4n) is 4.32. The second-order valence-electron chi connectivity index (χ2n) is 8.37. The first-order valence-corrected chi connectivity index (χ1v) is 11.5. The van der Waals surface area contributed by atoms with Crippen molar-refractivity contribution >= 4 is 11.7 Å². The molecule has 2 heterocycles. The van der Waals surface area contributed by atoms with Gasteiger partial charge in [0, 0.05) is 26.2 Å². The van der Waals surface area contributed by atoms with Crippen LogP contribution in [0.2, 0.25) is 0 Å². The molecule has 2 saturated heterocycles. The molecule has 0 unspecified atom stereocenters. The number of para-hydroxylation sites is 3. The monoisotopic (exact) mass is 423 g/mol. The third-order valence-corrected chi connectivity index (χ3v) is 6.19. The molecule has 2 aromatic rings. The zero-order valence-electron chi connectivity index (χ0n) is 18.2. The van der Waals surface area contributed by atoms with Crippen LogP contribution in [0.3, 0.4) is 0 Å². The minimum Gasteiger partial charge on any atom is -0.455 e. The molecule has 0 saturated carbocycles. The molecular formula is C25H33N3O3. The number of amides is 2. The SMILES string of the molecule is O=C(Nc1ccccc1Oc1ccccc1)N1CCC(CCCN2CCOCC2)CC1. The maximum Gasteiger partial charge on any atom is 0.321 e. The second kappa shape index (κ2) is 11.2. The highest BCUT2D eigenvalue weighted by molar-refractivity contribution is 5.91. The summed E-state index contributed by atoms with van der Waals surface area (Å²) in [5, 5.41) is 3.04. The van der Waals surface area contributed by atoms with Gasteiger partial charge >= 0.3 is 6.03 Å². The first-order valence-electron chi connectivity index (χ1n) is 11.5. The lowest BCUT2D eigenvalue weighted by atomic mass is 9.92. The van der Waals surface area contributed by atoms with Crippen molar-refractivity contribution in [2.24, 2.45) is 5.92 Å². The average molecular weight is 424 g/mol. The Bertz CT molecular complexity index is 816. The summed E-state index contributed by atoms with van der Waals surface area (Å²) in [7, 11) is 0. The lowest BCUT2D eigenvalue weighted by molar-refractivity contribution is 0.0363. The number of rotatable bonds is 7. The first kappa shape index (κ1) is 21.7. The minimum atomic E-state index is -0.0455. The van der Waals surface area contributed by atoms with Crippen molar-refractivity contribution in [2.75, 3.05) is 51.3 Å². The highest BCUT2D eigenvalue weighted by Crippen LogP contribution is 2.30. The number of likely N-dealkylation sites (tertiary alicyclic amines) is 1. The van der Waals surface area contributed by atoms with Crippen LogP contribution in [-0.2, 0) is 4.74 Å². The van der Waals surface area contributed by atoms with Gasteiger partial charge in [-0.15, -0.1) is 0 Å². The van der Waals surface area contributed by atoms with E-state index in [0.717, 1.165) is 63.9 Å². The van der Waals surface area contributed by atoms with Crippen molar-refractivity contribution in [3.63, 3.8) is 0 Å². The Kier molecular flexibility index (Phi) is 7.80. The van der Waals surface area contributed by atoms with Gasteiger partial charge in [0.05, 0.1) is 18.9 Å². The normalized spacial score (nSPS) is 18.0. The number of carbonyl (C=O) groups excluding carboxylic acids is 1. The summed E-state index contributed by atoms with van der Waals surface area (Å²) >= 11 is 0. The fourth-order valence-corrected chi connectivity index (χ4v) is 4.32. The van der Waals surface area contributed by atoms with Crippen molar-refractivity contribution in [3.8, 4) is 11.5 Å². The number of carbonyl (C=O) groups is 1. The van der Waals surface area contributed by atoms with E-state index in [9.17, 15) is 4.79 Å². The summed E-state index contributed by atoms with van der Waals surface area (Å²) < 4.78 is 11.4. The molecule has 6 heteroatoms. The van der Waals surface area contributed by atoms with Crippen LogP contribution in [0.4, 0.5) is 10.5 Å². The molecule has 0 atom stereocenters. The van der Waals surface area contributed by atoms with Gasteiger partial charge in [-0.05, 0) is 62.4 Å². The summed E-state index contributed by atoms with van der Waals surface area (Å²) in [6.07, 6.45) is 4.65. The smallest absolute Gasteiger partial charge is 0.321 e. The van der Waals surface area contributed by atoms with Gasteiger partial charge in [0.2, 0.25) is 0 Å². The molecule has 0 aromatic heterocycles. The van der Waals surface area contributed by atoms with E-state index >= 15 is 0 Å². The molecule has 0 radical (unpaired) electrons. The number of nitrogens with zero attached hydrogens (tertiary/aromatic N) is 2. The molecule has 4 rings (SSSR count). The van der Waals surface area contributed by atoms with Gasteiger partial charge in [-0.2, -0.15) is 0 Å². The van der Waals surface area contributed by atoms with E-state index in [1.54, 1.807) is 0 Å². The van der Waals surface area contributed by atoms with Crippen LogP contribution >= 0.6 is 0 Å². The van der Waals surface area contributed by atoms with Gasteiger partial charge in [0.25, 0.3) is 0 Å². The van der Waals surface area contributed by atoms with Gasteiger partial charge < -0.3 is 19.7 Å². The number of hydrogen-bond acceptors (Lipinski definition) is 4. The molecule has 2 aliphatic rings. The van der Waals surface area contributed by atoms with Crippen LogP contribution in [0.1, 0.15) is 25.7 Å². The lowest BCUT2D eigenvalue weighted by Gasteiger charge is -2.33. The molecule has 2 amide bonds. The van der Waals surface area contributed by atoms with Gasteiger partial charge in [0.1, 0.15) is 5.75 Å². The first-order chi connectivity index (χ1) is 15.3.